The van der Waals surface area contributed by atoms with Gasteiger partial charge in [0.05, 0.1) is 13.1 Å². The number of carbonyl (C=O) groups excluding carboxylic acids is 1. The van der Waals surface area contributed by atoms with E-state index in [1.807, 2.05) is 38.1 Å². The molecule has 3 nitrogen and oxygen atoms in total. The van der Waals surface area contributed by atoms with Gasteiger partial charge in [-0.2, -0.15) is 0 Å². The first-order valence-electron chi connectivity index (χ1n) is 7.29. The van der Waals surface area contributed by atoms with Crippen molar-refractivity contribution < 1.29 is 9.90 Å². The van der Waals surface area contributed by atoms with Crippen LogP contribution in [0.15, 0.2) is 29.2 Å². The van der Waals surface area contributed by atoms with Crippen LogP contribution in [-0.2, 0) is 4.79 Å². The molecule has 116 valence electrons. The van der Waals surface area contributed by atoms with Crippen LogP contribution in [0.4, 0.5) is 0 Å². The van der Waals surface area contributed by atoms with Gasteiger partial charge in [0.25, 0.3) is 0 Å². The number of halogens is 1. The van der Waals surface area contributed by atoms with Gasteiger partial charge in [0, 0.05) is 16.3 Å². The Morgan fingerprint density at radius 3 is 2.57 bits per heavy atom. The molecular weight excluding hydrogens is 306 g/mol. The molecule has 1 aliphatic rings. The van der Waals surface area contributed by atoms with Crippen molar-refractivity contribution in [3.05, 3.63) is 29.3 Å². The summed E-state index contributed by atoms with van der Waals surface area (Å²) in [6.45, 7) is 4.94. The molecule has 0 atom stereocenters. The van der Waals surface area contributed by atoms with E-state index in [2.05, 4.69) is 0 Å². The first kappa shape index (κ1) is 16.7. The summed E-state index contributed by atoms with van der Waals surface area (Å²) in [5.41, 5.74) is -0.673. The molecule has 1 amide bonds. The average molecular weight is 328 g/mol. The van der Waals surface area contributed by atoms with E-state index in [1.165, 1.54) is 4.90 Å². The van der Waals surface area contributed by atoms with Gasteiger partial charge in [-0.05, 0) is 42.4 Å². The number of hydrogen-bond acceptors (Lipinski definition) is 3. The summed E-state index contributed by atoms with van der Waals surface area (Å²) in [6, 6.07) is 7.74. The lowest BCUT2D eigenvalue weighted by Crippen LogP contribution is -2.65. The summed E-state index contributed by atoms with van der Waals surface area (Å²) in [4.78, 5) is 14.9. The van der Waals surface area contributed by atoms with Crippen LogP contribution in [0.1, 0.15) is 26.7 Å². The molecule has 0 spiro atoms. The third kappa shape index (κ3) is 4.38. The summed E-state index contributed by atoms with van der Waals surface area (Å²) >= 11 is 7.57. The molecule has 0 saturated carbocycles. The molecule has 1 aromatic carbocycles. The Balaban J connectivity index is 1.63. The monoisotopic (exact) mass is 327 g/mol. The number of thioether (sulfide) groups is 1. The van der Waals surface area contributed by atoms with Gasteiger partial charge in [0.1, 0.15) is 5.60 Å². The maximum Gasteiger partial charge on any atom is 0.222 e. The van der Waals surface area contributed by atoms with E-state index in [0.29, 0.717) is 19.5 Å². The molecule has 1 saturated heterocycles. The highest BCUT2D eigenvalue weighted by Gasteiger charge is 2.45. The van der Waals surface area contributed by atoms with E-state index < -0.39 is 5.60 Å². The Bertz CT molecular complexity index is 484. The smallest absolute Gasteiger partial charge is 0.222 e. The highest BCUT2D eigenvalue weighted by atomic mass is 35.5. The van der Waals surface area contributed by atoms with Crippen molar-refractivity contribution in [3.8, 4) is 0 Å². The Labute approximate surface area is 135 Å². The minimum atomic E-state index is -0.673. The third-order valence-corrected chi connectivity index (χ3v) is 5.32. The average Bonchev–Trinajstić information content (AvgIpc) is 2.41. The maximum absolute atomic E-state index is 12.0. The second-order valence-electron chi connectivity index (χ2n) is 5.91. The van der Waals surface area contributed by atoms with Crippen molar-refractivity contribution in [2.45, 2.75) is 37.2 Å². The molecular formula is C16H22ClNO2S. The van der Waals surface area contributed by atoms with Crippen molar-refractivity contribution in [2.75, 3.05) is 18.8 Å². The molecule has 0 unspecified atom stereocenters. The normalized spacial score (nSPS) is 16.9. The lowest BCUT2D eigenvalue weighted by molar-refractivity contribution is -0.163. The van der Waals surface area contributed by atoms with Gasteiger partial charge < -0.3 is 10.0 Å². The molecule has 0 aliphatic carbocycles. The Morgan fingerprint density at radius 1 is 1.38 bits per heavy atom. The van der Waals surface area contributed by atoms with Gasteiger partial charge in [-0.3, -0.25) is 4.79 Å². The number of β-amino-alcohol motifs (C(OH)–C–C–N with tert-alkyl or cyclic N) is 1. The zero-order valence-corrected chi connectivity index (χ0v) is 14.1. The molecule has 0 radical (unpaired) electrons. The lowest BCUT2D eigenvalue weighted by atomic mass is 9.83. The molecule has 21 heavy (non-hydrogen) atoms. The fourth-order valence-electron chi connectivity index (χ4n) is 2.26. The van der Waals surface area contributed by atoms with E-state index in [9.17, 15) is 9.90 Å². The molecule has 1 heterocycles. The minimum absolute atomic E-state index is 0.150. The van der Waals surface area contributed by atoms with E-state index in [4.69, 9.17) is 11.6 Å². The topological polar surface area (TPSA) is 40.5 Å². The third-order valence-electron chi connectivity index (χ3n) is 3.97. The highest BCUT2D eigenvalue weighted by Crippen LogP contribution is 2.29. The predicted molar refractivity (Wildman–Crippen MR) is 87.8 cm³/mol. The SMILES string of the molecule is CC(C)C1(O)CN(C(=O)CCCSc2ccc(Cl)cc2)C1. The van der Waals surface area contributed by atoms with E-state index >= 15 is 0 Å². The van der Waals surface area contributed by atoms with Gasteiger partial charge in [0.15, 0.2) is 0 Å². The molecule has 2 rings (SSSR count). The summed E-state index contributed by atoms with van der Waals surface area (Å²) < 4.78 is 0. The van der Waals surface area contributed by atoms with Crippen LogP contribution in [0.25, 0.3) is 0 Å². The van der Waals surface area contributed by atoms with E-state index in [1.54, 1.807) is 16.7 Å². The van der Waals surface area contributed by atoms with Crippen LogP contribution in [-0.4, -0.2) is 40.4 Å². The number of benzene rings is 1. The predicted octanol–water partition coefficient (Wildman–Crippen LogP) is 3.44. The Hall–Kier alpha value is -0.710. The fourth-order valence-corrected chi connectivity index (χ4v) is 3.24. The summed E-state index contributed by atoms with van der Waals surface area (Å²) in [5, 5.41) is 10.9. The van der Waals surface area contributed by atoms with Crippen LogP contribution < -0.4 is 0 Å². The molecule has 1 aliphatic heterocycles. The van der Waals surface area contributed by atoms with Crippen LogP contribution in [0.2, 0.25) is 5.02 Å². The van der Waals surface area contributed by atoms with Crippen LogP contribution >= 0.6 is 23.4 Å². The molecule has 1 N–H and O–H groups in total. The number of amides is 1. The second-order valence-corrected chi connectivity index (χ2v) is 7.52. The fraction of sp³-hybridized carbons (Fsp3) is 0.562. The largest absolute Gasteiger partial charge is 0.386 e. The number of hydrogen-bond donors (Lipinski definition) is 1. The van der Waals surface area contributed by atoms with Crippen molar-refractivity contribution >= 4 is 29.3 Å². The quantitative estimate of drug-likeness (QED) is 0.642. The Kier molecular flexibility index (Phi) is 5.58. The number of likely N-dealkylation sites (tertiary alicyclic amines) is 1. The standard InChI is InChI=1S/C16H22ClNO2S/c1-12(2)16(20)10-18(11-16)15(19)4-3-9-21-14-7-5-13(17)6-8-14/h5-8,12,20H,3-4,9-11H2,1-2H3. The number of nitrogens with zero attached hydrogens (tertiary/aromatic N) is 1. The Morgan fingerprint density at radius 2 is 2.00 bits per heavy atom. The number of carbonyl (C=O) groups is 1. The van der Waals surface area contributed by atoms with Gasteiger partial charge in [0.2, 0.25) is 5.91 Å². The first-order valence-corrected chi connectivity index (χ1v) is 8.65. The summed E-state index contributed by atoms with van der Waals surface area (Å²) in [6.07, 6.45) is 1.40. The number of rotatable bonds is 6. The van der Waals surface area contributed by atoms with Gasteiger partial charge in [-0.15, -0.1) is 11.8 Å². The van der Waals surface area contributed by atoms with E-state index in [-0.39, 0.29) is 11.8 Å². The van der Waals surface area contributed by atoms with Crippen LogP contribution in [0, 0.1) is 5.92 Å². The molecule has 1 fully saturated rings. The molecule has 5 heteroatoms. The van der Waals surface area contributed by atoms with Crippen LogP contribution in [0.5, 0.6) is 0 Å². The summed E-state index contributed by atoms with van der Waals surface area (Å²) in [7, 11) is 0. The second kappa shape index (κ2) is 7.03. The van der Waals surface area contributed by atoms with Crippen molar-refractivity contribution in [3.63, 3.8) is 0 Å². The van der Waals surface area contributed by atoms with E-state index in [0.717, 1.165) is 17.2 Å². The zero-order chi connectivity index (χ0) is 15.5. The highest BCUT2D eigenvalue weighted by molar-refractivity contribution is 7.99. The molecule has 0 aromatic heterocycles. The van der Waals surface area contributed by atoms with Crippen molar-refractivity contribution in [1.29, 1.82) is 0 Å². The lowest BCUT2D eigenvalue weighted by Gasteiger charge is -2.49. The summed E-state index contributed by atoms with van der Waals surface area (Å²) in [5.74, 6) is 1.26. The molecule has 1 aromatic rings. The first-order chi connectivity index (χ1) is 9.90. The van der Waals surface area contributed by atoms with Crippen molar-refractivity contribution in [1.82, 2.24) is 4.90 Å². The minimum Gasteiger partial charge on any atom is -0.386 e. The molecule has 0 bridgehead atoms. The van der Waals surface area contributed by atoms with Crippen molar-refractivity contribution in [2.24, 2.45) is 5.92 Å². The zero-order valence-electron chi connectivity index (χ0n) is 12.5. The maximum atomic E-state index is 12.0. The van der Waals surface area contributed by atoms with Crippen LogP contribution in [0.3, 0.4) is 0 Å². The van der Waals surface area contributed by atoms with Gasteiger partial charge >= 0.3 is 0 Å². The van der Waals surface area contributed by atoms with Gasteiger partial charge in [-0.1, -0.05) is 25.4 Å². The number of aliphatic hydroxyl groups is 1. The van der Waals surface area contributed by atoms with Gasteiger partial charge in [-0.25, -0.2) is 0 Å².